The molecule has 5 nitrogen and oxygen atoms in total. The summed E-state index contributed by atoms with van der Waals surface area (Å²) in [6.45, 7) is 1.69. The first kappa shape index (κ1) is 20.1. The van der Waals surface area contributed by atoms with E-state index in [-0.39, 0.29) is 35.7 Å². The number of pyridine rings is 2. The predicted molar refractivity (Wildman–Crippen MR) is 110 cm³/mol. The zero-order valence-corrected chi connectivity index (χ0v) is 16.8. The number of hydrogen-bond donors (Lipinski definition) is 1. The van der Waals surface area contributed by atoms with Gasteiger partial charge in [-0.2, -0.15) is 0 Å². The first-order valence-corrected chi connectivity index (χ1v) is 9.56. The molecule has 0 radical (unpaired) electrons. The second kappa shape index (κ2) is 7.57. The zero-order valence-electron chi connectivity index (χ0n) is 16.0. The number of aliphatic imine (C=N–C) groups is 1. The van der Waals surface area contributed by atoms with Crippen LogP contribution in [0.3, 0.4) is 0 Å². The summed E-state index contributed by atoms with van der Waals surface area (Å²) in [5, 5.41) is 0.430. The van der Waals surface area contributed by atoms with E-state index < -0.39 is 17.2 Å². The maximum Gasteiger partial charge on any atom is 0.185 e. The highest BCUT2D eigenvalue weighted by Gasteiger charge is 2.36. The summed E-state index contributed by atoms with van der Waals surface area (Å²) in [5.41, 5.74) is 6.75. The lowest BCUT2D eigenvalue weighted by molar-refractivity contribution is 0.0988. The molecule has 0 saturated heterocycles. The van der Waals surface area contributed by atoms with Gasteiger partial charge in [0.25, 0.3) is 0 Å². The minimum Gasteiger partial charge on any atom is -0.383 e. The van der Waals surface area contributed by atoms with Gasteiger partial charge in [0, 0.05) is 41.9 Å². The Balaban J connectivity index is 1.68. The normalized spacial score (nSPS) is 17.9. The minimum absolute atomic E-state index is 0.0199. The first-order chi connectivity index (χ1) is 14.3. The van der Waals surface area contributed by atoms with Gasteiger partial charge in [-0.05, 0) is 36.8 Å². The van der Waals surface area contributed by atoms with Gasteiger partial charge < -0.3 is 5.73 Å². The smallest absolute Gasteiger partial charge is 0.185 e. The SMILES string of the molecule is CC1(c2cc(CC(=O)c3ccc(Cl)cn3)ccc2F)Cc2c(F)cncc2C(N)=N1. The van der Waals surface area contributed by atoms with Gasteiger partial charge in [0.15, 0.2) is 5.78 Å². The maximum absolute atomic E-state index is 14.8. The molecule has 8 heteroatoms. The van der Waals surface area contributed by atoms with Gasteiger partial charge in [0.05, 0.1) is 16.8 Å². The Kier molecular flexibility index (Phi) is 5.07. The molecule has 3 heterocycles. The highest BCUT2D eigenvalue weighted by molar-refractivity contribution is 6.30. The van der Waals surface area contributed by atoms with Crippen LogP contribution in [0.5, 0.6) is 0 Å². The fraction of sp³-hybridized carbons (Fsp3) is 0.182. The Labute approximate surface area is 176 Å². The Bertz CT molecular complexity index is 1180. The Morgan fingerprint density at radius 1 is 1.17 bits per heavy atom. The van der Waals surface area contributed by atoms with Crippen LogP contribution >= 0.6 is 11.6 Å². The van der Waals surface area contributed by atoms with E-state index in [0.29, 0.717) is 21.7 Å². The van der Waals surface area contributed by atoms with Gasteiger partial charge >= 0.3 is 0 Å². The fourth-order valence-corrected chi connectivity index (χ4v) is 3.75. The number of aromatic nitrogens is 2. The molecule has 0 bridgehead atoms. The van der Waals surface area contributed by atoms with E-state index in [2.05, 4.69) is 15.0 Å². The summed E-state index contributed by atoms with van der Waals surface area (Å²) in [5.74, 6) is -1.16. The largest absolute Gasteiger partial charge is 0.383 e. The van der Waals surface area contributed by atoms with Gasteiger partial charge in [-0.3, -0.25) is 19.8 Å². The van der Waals surface area contributed by atoms with Gasteiger partial charge in [-0.1, -0.05) is 17.7 Å². The summed E-state index contributed by atoms with van der Waals surface area (Å²) in [6, 6.07) is 7.51. The summed E-state index contributed by atoms with van der Waals surface area (Å²) in [7, 11) is 0. The molecule has 152 valence electrons. The molecule has 4 rings (SSSR count). The number of Topliss-reactive ketones (excluding diaryl/α,β-unsaturated/α-hetero) is 1. The number of ketones is 1. The summed E-state index contributed by atoms with van der Waals surface area (Å²) in [6.07, 6.45) is 4.08. The van der Waals surface area contributed by atoms with Crippen LogP contribution in [0, 0.1) is 11.6 Å². The molecule has 3 aromatic rings. The lowest BCUT2D eigenvalue weighted by Gasteiger charge is -2.32. The number of nitrogens with two attached hydrogens (primary N) is 1. The second-order valence-corrected chi connectivity index (χ2v) is 7.81. The van der Waals surface area contributed by atoms with E-state index in [1.165, 1.54) is 30.6 Å². The lowest BCUT2D eigenvalue weighted by atomic mass is 9.81. The second-order valence-electron chi connectivity index (χ2n) is 7.37. The van der Waals surface area contributed by atoms with Gasteiger partial charge in [-0.25, -0.2) is 8.78 Å². The molecule has 1 atom stereocenters. The molecular formula is C22H17ClF2N4O. The van der Waals surface area contributed by atoms with E-state index in [9.17, 15) is 13.6 Å². The number of rotatable bonds is 4. The van der Waals surface area contributed by atoms with Crippen molar-refractivity contribution in [1.82, 2.24) is 9.97 Å². The maximum atomic E-state index is 14.8. The molecule has 0 fully saturated rings. The van der Waals surface area contributed by atoms with Crippen LogP contribution in [0.2, 0.25) is 5.02 Å². The summed E-state index contributed by atoms with van der Waals surface area (Å²) in [4.78, 5) is 24.8. The van der Waals surface area contributed by atoms with Crippen LogP contribution in [0.25, 0.3) is 0 Å². The van der Waals surface area contributed by atoms with E-state index in [4.69, 9.17) is 17.3 Å². The molecule has 2 N–H and O–H groups in total. The van der Waals surface area contributed by atoms with E-state index in [0.717, 1.165) is 6.20 Å². The van der Waals surface area contributed by atoms with Gasteiger partial charge in [0.2, 0.25) is 0 Å². The van der Waals surface area contributed by atoms with Crippen LogP contribution in [0.15, 0.2) is 53.9 Å². The van der Waals surface area contributed by atoms with Crippen molar-refractivity contribution in [3.8, 4) is 0 Å². The van der Waals surface area contributed by atoms with E-state index >= 15 is 0 Å². The monoisotopic (exact) mass is 426 g/mol. The molecule has 2 aromatic heterocycles. The van der Waals surface area contributed by atoms with Crippen LogP contribution in [0.1, 0.15) is 39.7 Å². The molecule has 1 aliphatic rings. The molecular weight excluding hydrogens is 410 g/mol. The van der Waals surface area contributed by atoms with Crippen molar-refractivity contribution >= 4 is 23.2 Å². The third-order valence-corrected chi connectivity index (χ3v) is 5.38. The van der Waals surface area contributed by atoms with Gasteiger partial charge in [-0.15, -0.1) is 0 Å². The van der Waals surface area contributed by atoms with Crippen LogP contribution in [-0.2, 0) is 18.4 Å². The first-order valence-electron chi connectivity index (χ1n) is 9.18. The third-order valence-electron chi connectivity index (χ3n) is 5.16. The summed E-state index contributed by atoms with van der Waals surface area (Å²) >= 11 is 5.81. The number of amidine groups is 1. The molecule has 0 amide bonds. The molecule has 1 unspecified atom stereocenters. The zero-order chi connectivity index (χ0) is 21.5. The van der Waals surface area contributed by atoms with Crippen molar-refractivity contribution in [1.29, 1.82) is 0 Å². The molecule has 0 aliphatic carbocycles. The number of halogens is 3. The van der Waals surface area contributed by atoms with Crippen molar-refractivity contribution in [2.75, 3.05) is 0 Å². The number of nitrogens with zero attached hydrogens (tertiary/aromatic N) is 3. The van der Waals surface area contributed by atoms with E-state index in [1.807, 2.05) is 0 Å². The predicted octanol–water partition coefficient (Wildman–Crippen LogP) is 4.01. The van der Waals surface area contributed by atoms with Crippen molar-refractivity contribution in [3.63, 3.8) is 0 Å². The number of hydrogen-bond acceptors (Lipinski definition) is 5. The molecule has 1 aromatic carbocycles. The highest BCUT2D eigenvalue weighted by atomic mass is 35.5. The number of carbonyl (C=O) groups is 1. The summed E-state index contributed by atoms with van der Waals surface area (Å²) < 4.78 is 29.1. The molecule has 0 spiro atoms. The number of fused-ring (bicyclic) bond motifs is 1. The Morgan fingerprint density at radius 3 is 2.70 bits per heavy atom. The van der Waals surface area contributed by atoms with Crippen molar-refractivity contribution in [3.05, 3.63) is 93.5 Å². The quantitative estimate of drug-likeness (QED) is 0.639. The minimum atomic E-state index is -1.12. The Hall–Kier alpha value is -3.19. The number of carbonyl (C=O) groups excluding carboxylic acids is 1. The molecule has 30 heavy (non-hydrogen) atoms. The average molecular weight is 427 g/mol. The Morgan fingerprint density at radius 2 is 1.97 bits per heavy atom. The molecule has 0 saturated carbocycles. The van der Waals surface area contributed by atoms with Gasteiger partial charge in [0.1, 0.15) is 23.2 Å². The topological polar surface area (TPSA) is 81.2 Å². The van der Waals surface area contributed by atoms with Crippen LogP contribution in [0.4, 0.5) is 8.78 Å². The van der Waals surface area contributed by atoms with Crippen molar-refractivity contribution in [2.24, 2.45) is 10.7 Å². The standard InChI is InChI=1S/C22H17ClF2N4O/c1-22(8-14-15(21(26)29-22)10-27-11-18(14)25)16-6-12(2-4-17(16)24)7-20(30)19-5-3-13(23)9-28-19/h2-6,9-11H,7-8H2,1H3,(H2,26,29). The number of benzene rings is 1. The van der Waals surface area contributed by atoms with Crippen LogP contribution < -0.4 is 5.73 Å². The average Bonchev–Trinajstić information content (AvgIpc) is 2.71. The molecule has 1 aliphatic heterocycles. The third kappa shape index (κ3) is 3.68. The van der Waals surface area contributed by atoms with E-state index in [1.54, 1.807) is 19.1 Å². The lowest BCUT2D eigenvalue weighted by Crippen LogP contribution is -2.35. The van der Waals surface area contributed by atoms with Crippen molar-refractivity contribution < 1.29 is 13.6 Å². The van der Waals surface area contributed by atoms with Crippen molar-refractivity contribution in [2.45, 2.75) is 25.3 Å². The fourth-order valence-electron chi connectivity index (χ4n) is 3.64. The van der Waals surface area contributed by atoms with Crippen LogP contribution in [-0.4, -0.2) is 21.6 Å². The highest BCUT2D eigenvalue weighted by Crippen LogP contribution is 2.37.